The number of nitrogens with zero attached hydrogens (tertiary/aromatic N) is 1. The summed E-state index contributed by atoms with van der Waals surface area (Å²) < 4.78 is 0. The molecule has 1 N–H and O–H groups in total. The van der Waals surface area contributed by atoms with Gasteiger partial charge >= 0.3 is 0 Å². The molecule has 0 unspecified atom stereocenters. The van der Waals surface area contributed by atoms with Gasteiger partial charge in [0.1, 0.15) is 0 Å². The van der Waals surface area contributed by atoms with Gasteiger partial charge in [-0.25, -0.2) is 0 Å². The summed E-state index contributed by atoms with van der Waals surface area (Å²) in [7, 11) is 3.38. The SMILES string of the molecule is CC(=O)O.CN(C)C=O. The largest absolute Gasteiger partial charge is 0.481 e. The van der Waals surface area contributed by atoms with Crippen molar-refractivity contribution >= 4 is 12.4 Å². The molecule has 0 radical (unpaired) electrons. The van der Waals surface area contributed by atoms with E-state index in [4.69, 9.17) is 9.90 Å². The summed E-state index contributed by atoms with van der Waals surface area (Å²) in [6.45, 7) is 1.08. The van der Waals surface area contributed by atoms with Crippen molar-refractivity contribution in [3.63, 3.8) is 0 Å². The molecule has 0 fully saturated rings. The maximum absolute atomic E-state index is 9.43. The molecule has 0 aliphatic rings. The van der Waals surface area contributed by atoms with E-state index in [1.54, 1.807) is 14.1 Å². The van der Waals surface area contributed by atoms with Crippen LogP contribution >= 0.6 is 0 Å². The van der Waals surface area contributed by atoms with Crippen molar-refractivity contribution in [2.24, 2.45) is 0 Å². The quantitative estimate of drug-likeness (QED) is 0.504. The molecule has 4 heteroatoms. The van der Waals surface area contributed by atoms with Crippen molar-refractivity contribution < 1.29 is 14.7 Å². The van der Waals surface area contributed by atoms with E-state index in [1.807, 2.05) is 0 Å². The summed E-state index contributed by atoms with van der Waals surface area (Å²) in [5.41, 5.74) is 0. The van der Waals surface area contributed by atoms with Crippen LogP contribution in [0.25, 0.3) is 0 Å². The molecule has 0 saturated carbocycles. The number of hydrogen-bond donors (Lipinski definition) is 1. The Morgan fingerprint density at radius 1 is 1.56 bits per heavy atom. The Balaban J connectivity index is 0. The van der Waals surface area contributed by atoms with Crippen LogP contribution in [0, 0.1) is 0 Å². The molecule has 0 aromatic rings. The van der Waals surface area contributed by atoms with Gasteiger partial charge in [0.05, 0.1) is 0 Å². The van der Waals surface area contributed by atoms with E-state index in [2.05, 4.69) is 0 Å². The van der Waals surface area contributed by atoms with E-state index in [0.29, 0.717) is 0 Å². The standard InChI is InChI=1S/C3H7NO.C2H4O2/c1-4(2)3-5;1-2(3)4/h3H,1-2H3;1H3,(H,3,4). The van der Waals surface area contributed by atoms with Crippen LogP contribution in [0.5, 0.6) is 0 Å². The number of rotatable bonds is 1. The van der Waals surface area contributed by atoms with Gasteiger partial charge in [-0.1, -0.05) is 0 Å². The number of hydrogen-bond acceptors (Lipinski definition) is 2. The van der Waals surface area contributed by atoms with Gasteiger partial charge < -0.3 is 10.0 Å². The van der Waals surface area contributed by atoms with Crippen molar-refractivity contribution in [3.05, 3.63) is 0 Å². The van der Waals surface area contributed by atoms with Gasteiger partial charge in [-0.2, -0.15) is 0 Å². The monoisotopic (exact) mass is 133 g/mol. The molecule has 0 aromatic carbocycles. The lowest BCUT2D eigenvalue weighted by atomic mass is 10.9. The lowest BCUT2D eigenvalue weighted by Crippen LogP contribution is -2.06. The van der Waals surface area contributed by atoms with Crippen LogP contribution < -0.4 is 0 Å². The van der Waals surface area contributed by atoms with Gasteiger partial charge in [0.25, 0.3) is 5.97 Å². The average Bonchev–Trinajstić information content (AvgIpc) is 1.65. The Morgan fingerprint density at radius 3 is 1.67 bits per heavy atom. The van der Waals surface area contributed by atoms with E-state index in [0.717, 1.165) is 13.3 Å². The van der Waals surface area contributed by atoms with Crippen LogP contribution in [0.2, 0.25) is 0 Å². The zero-order valence-electron chi connectivity index (χ0n) is 5.79. The van der Waals surface area contributed by atoms with Crippen LogP contribution in [0.3, 0.4) is 0 Å². The molecule has 0 atom stereocenters. The second-order valence-corrected chi connectivity index (χ2v) is 1.59. The van der Waals surface area contributed by atoms with Gasteiger partial charge in [-0.15, -0.1) is 0 Å². The number of carboxylic acid groups (broad SMARTS) is 1. The minimum Gasteiger partial charge on any atom is -0.481 e. The lowest BCUT2D eigenvalue weighted by molar-refractivity contribution is -0.134. The van der Waals surface area contributed by atoms with E-state index in [1.165, 1.54) is 4.90 Å². The first kappa shape index (κ1) is 10.8. The molecule has 0 saturated heterocycles. The second-order valence-electron chi connectivity index (χ2n) is 1.59. The Bertz CT molecular complexity index is 86.2. The molecule has 0 spiro atoms. The van der Waals surface area contributed by atoms with E-state index >= 15 is 0 Å². The number of amides is 1. The van der Waals surface area contributed by atoms with Crippen LogP contribution in [0.1, 0.15) is 6.92 Å². The first-order valence-corrected chi connectivity index (χ1v) is 2.32. The first-order chi connectivity index (χ1) is 4.00. The molecule has 9 heavy (non-hydrogen) atoms. The van der Waals surface area contributed by atoms with Gasteiger partial charge in [-0.05, 0) is 0 Å². The third-order valence-corrected chi connectivity index (χ3v) is 0.211. The highest BCUT2D eigenvalue weighted by Crippen LogP contribution is 1.52. The van der Waals surface area contributed by atoms with Crippen molar-refractivity contribution in [1.82, 2.24) is 4.90 Å². The summed E-state index contributed by atoms with van der Waals surface area (Å²) >= 11 is 0. The molecule has 0 aliphatic heterocycles. The number of carbonyl (C=O) groups is 2. The van der Waals surface area contributed by atoms with Gasteiger partial charge in [0.15, 0.2) is 0 Å². The Morgan fingerprint density at radius 2 is 1.67 bits per heavy atom. The van der Waals surface area contributed by atoms with E-state index in [-0.39, 0.29) is 0 Å². The van der Waals surface area contributed by atoms with E-state index < -0.39 is 5.97 Å². The zero-order chi connectivity index (χ0) is 7.86. The lowest BCUT2D eigenvalue weighted by Gasteiger charge is -1.93. The fourth-order valence-corrected chi connectivity index (χ4v) is 0. The molecule has 0 bridgehead atoms. The normalized spacial score (nSPS) is 6.56. The molecule has 4 nitrogen and oxygen atoms in total. The molecule has 0 heterocycles. The van der Waals surface area contributed by atoms with Crippen LogP contribution in [0.4, 0.5) is 0 Å². The van der Waals surface area contributed by atoms with Crippen LogP contribution in [-0.2, 0) is 9.59 Å². The summed E-state index contributed by atoms with van der Waals surface area (Å²) in [6, 6.07) is 0. The number of aliphatic carboxylic acids is 1. The molecule has 0 aromatic heterocycles. The molecule has 1 amide bonds. The summed E-state index contributed by atoms with van der Waals surface area (Å²) in [5.74, 6) is -0.833. The summed E-state index contributed by atoms with van der Waals surface area (Å²) in [6.07, 6.45) is 0.750. The van der Waals surface area contributed by atoms with E-state index in [9.17, 15) is 4.79 Å². The van der Waals surface area contributed by atoms with Crippen LogP contribution in [-0.4, -0.2) is 36.5 Å². The average molecular weight is 133 g/mol. The third kappa shape index (κ3) is 192. The highest BCUT2D eigenvalue weighted by Gasteiger charge is 1.68. The van der Waals surface area contributed by atoms with Crippen molar-refractivity contribution in [1.29, 1.82) is 0 Å². The summed E-state index contributed by atoms with van der Waals surface area (Å²) in [4.78, 5) is 19.9. The highest BCUT2D eigenvalue weighted by molar-refractivity contribution is 5.62. The maximum Gasteiger partial charge on any atom is 0.300 e. The predicted octanol–water partition coefficient (Wildman–Crippen LogP) is -0.205. The Hall–Kier alpha value is -1.06. The molecule has 54 valence electrons. The smallest absolute Gasteiger partial charge is 0.300 e. The topological polar surface area (TPSA) is 57.6 Å². The minimum absolute atomic E-state index is 0.750. The van der Waals surface area contributed by atoms with Crippen molar-refractivity contribution in [2.75, 3.05) is 14.1 Å². The van der Waals surface area contributed by atoms with Crippen LogP contribution in [0.15, 0.2) is 0 Å². The second kappa shape index (κ2) is 6.94. The highest BCUT2D eigenvalue weighted by atomic mass is 16.4. The minimum atomic E-state index is -0.833. The Labute approximate surface area is 54.1 Å². The molecule has 0 rings (SSSR count). The first-order valence-electron chi connectivity index (χ1n) is 2.32. The maximum atomic E-state index is 9.43. The fourth-order valence-electron chi connectivity index (χ4n) is 0. The number of carbonyl (C=O) groups excluding carboxylic acids is 1. The van der Waals surface area contributed by atoms with Gasteiger partial charge in [0.2, 0.25) is 6.41 Å². The molecular weight excluding hydrogens is 122 g/mol. The third-order valence-electron chi connectivity index (χ3n) is 0.211. The molecular formula is C5H11NO3. The predicted molar refractivity (Wildman–Crippen MR) is 33.1 cm³/mol. The summed E-state index contributed by atoms with van der Waals surface area (Å²) in [5, 5.41) is 7.42. The Kier molecular flexibility index (Phi) is 8.36. The van der Waals surface area contributed by atoms with Gasteiger partial charge in [-0.3, -0.25) is 9.59 Å². The van der Waals surface area contributed by atoms with Crippen molar-refractivity contribution in [2.45, 2.75) is 6.92 Å². The number of carboxylic acids is 1. The molecule has 0 aliphatic carbocycles. The van der Waals surface area contributed by atoms with Gasteiger partial charge in [0, 0.05) is 21.0 Å². The fraction of sp³-hybridized carbons (Fsp3) is 0.600. The zero-order valence-corrected chi connectivity index (χ0v) is 5.79. The van der Waals surface area contributed by atoms with Crippen molar-refractivity contribution in [3.8, 4) is 0 Å².